The summed E-state index contributed by atoms with van der Waals surface area (Å²) in [6.45, 7) is 6.20. The first-order valence-electron chi connectivity index (χ1n) is 12.0. The Hall–Kier alpha value is -2.34. The summed E-state index contributed by atoms with van der Waals surface area (Å²) >= 11 is 4.34. The molecule has 5 nitrogen and oxygen atoms in total. The Morgan fingerprint density at radius 2 is 1.64 bits per heavy atom. The molecular weight excluding hydrogens is 432 g/mol. The van der Waals surface area contributed by atoms with Crippen LogP contribution in [-0.4, -0.2) is 35.4 Å². The van der Waals surface area contributed by atoms with Gasteiger partial charge in [-0.2, -0.15) is 12.6 Å². The van der Waals surface area contributed by atoms with Gasteiger partial charge in [-0.25, -0.2) is 0 Å². The third kappa shape index (κ3) is 7.07. The zero-order valence-corrected chi connectivity index (χ0v) is 20.7. The van der Waals surface area contributed by atoms with E-state index in [0.29, 0.717) is 18.9 Å². The molecule has 1 aliphatic carbocycles. The topological polar surface area (TPSA) is 75.3 Å². The standard InChI is InChI=1S/C27H36N2O3S/c1-17(2)26(31)28-16-19-8-12-22(13-9-19)27(32)29-24(25(30)18(3)33)15-20-10-11-21-6-4-5-7-23(21)14-20/h4-7,10-11,14,17-19,22,24,33H,8-9,12-13,15-16H2,1-3H3,(H,28,31)(H,29,32). The molecule has 0 heterocycles. The van der Waals surface area contributed by atoms with Crippen molar-refractivity contribution in [3.05, 3.63) is 48.0 Å². The second kappa shape index (κ2) is 11.7. The molecule has 33 heavy (non-hydrogen) atoms. The fraction of sp³-hybridized carbons (Fsp3) is 0.519. The summed E-state index contributed by atoms with van der Waals surface area (Å²) in [6, 6.07) is 13.7. The number of fused-ring (bicyclic) bond motifs is 1. The Kier molecular flexibility index (Phi) is 8.95. The van der Waals surface area contributed by atoms with Crippen LogP contribution >= 0.6 is 12.6 Å². The van der Waals surface area contributed by atoms with E-state index in [4.69, 9.17) is 0 Å². The summed E-state index contributed by atoms with van der Waals surface area (Å²) in [6.07, 6.45) is 3.82. The Labute approximate surface area is 202 Å². The van der Waals surface area contributed by atoms with Crippen LogP contribution in [0.1, 0.15) is 52.0 Å². The highest BCUT2D eigenvalue weighted by atomic mass is 32.1. The molecule has 1 saturated carbocycles. The molecule has 0 saturated heterocycles. The zero-order valence-electron chi connectivity index (χ0n) is 19.8. The van der Waals surface area contributed by atoms with Crippen LogP contribution in [-0.2, 0) is 20.8 Å². The van der Waals surface area contributed by atoms with E-state index in [-0.39, 0.29) is 29.4 Å². The molecule has 2 N–H and O–H groups in total. The van der Waals surface area contributed by atoms with Gasteiger partial charge < -0.3 is 10.6 Å². The fourth-order valence-electron chi connectivity index (χ4n) is 4.48. The molecule has 0 aliphatic heterocycles. The van der Waals surface area contributed by atoms with Crippen LogP contribution in [0, 0.1) is 17.8 Å². The molecule has 3 rings (SSSR count). The van der Waals surface area contributed by atoms with Crippen molar-refractivity contribution >= 4 is 41.0 Å². The van der Waals surface area contributed by atoms with Gasteiger partial charge in [-0.1, -0.05) is 56.3 Å². The molecule has 0 bridgehead atoms. The minimum Gasteiger partial charge on any atom is -0.356 e. The van der Waals surface area contributed by atoms with Crippen molar-refractivity contribution in [2.24, 2.45) is 17.8 Å². The van der Waals surface area contributed by atoms with Crippen molar-refractivity contribution in [1.29, 1.82) is 0 Å². The number of nitrogens with one attached hydrogen (secondary N) is 2. The maximum atomic E-state index is 13.0. The maximum absolute atomic E-state index is 13.0. The predicted octanol–water partition coefficient (Wildman–Crippen LogP) is 4.33. The van der Waals surface area contributed by atoms with Crippen molar-refractivity contribution in [3.63, 3.8) is 0 Å². The Morgan fingerprint density at radius 3 is 2.27 bits per heavy atom. The van der Waals surface area contributed by atoms with Gasteiger partial charge in [0.1, 0.15) is 0 Å². The Morgan fingerprint density at radius 1 is 0.970 bits per heavy atom. The number of thiol groups is 1. The molecule has 2 amide bonds. The highest BCUT2D eigenvalue weighted by molar-refractivity contribution is 7.81. The molecule has 2 aromatic rings. The van der Waals surface area contributed by atoms with Gasteiger partial charge in [0.25, 0.3) is 0 Å². The Balaban J connectivity index is 1.59. The highest BCUT2D eigenvalue weighted by Gasteiger charge is 2.30. The molecule has 178 valence electrons. The first kappa shape index (κ1) is 25.3. The van der Waals surface area contributed by atoms with Crippen LogP contribution in [0.5, 0.6) is 0 Å². The fourth-order valence-corrected chi connectivity index (χ4v) is 4.66. The predicted molar refractivity (Wildman–Crippen MR) is 136 cm³/mol. The van der Waals surface area contributed by atoms with Gasteiger partial charge >= 0.3 is 0 Å². The van der Waals surface area contributed by atoms with Gasteiger partial charge in [-0.15, -0.1) is 0 Å². The van der Waals surface area contributed by atoms with Gasteiger partial charge in [0, 0.05) is 18.4 Å². The third-order valence-electron chi connectivity index (χ3n) is 6.63. The van der Waals surface area contributed by atoms with Crippen LogP contribution in [0.3, 0.4) is 0 Å². The Bertz CT molecular complexity index is 980. The van der Waals surface area contributed by atoms with Crippen LogP contribution < -0.4 is 10.6 Å². The van der Waals surface area contributed by atoms with Crippen LogP contribution in [0.15, 0.2) is 42.5 Å². The summed E-state index contributed by atoms with van der Waals surface area (Å²) in [7, 11) is 0. The first-order valence-corrected chi connectivity index (χ1v) is 12.5. The van der Waals surface area contributed by atoms with E-state index >= 15 is 0 Å². The number of hydrogen-bond acceptors (Lipinski definition) is 4. The zero-order chi connectivity index (χ0) is 24.0. The number of Topliss-reactive ketones (excluding diaryl/α,β-unsaturated/α-hetero) is 1. The highest BCUT2D eigenvalue weighted by Crippen LogP contribution is 2.29. The molecule has 0 aromatic heterocycles. The average molecular weight is 469 g/mol. The maximum Gasteiger partial charge on any atom is 0.223 e. The van der Waals surface area contributed by atoms with Crippen molar-refractivity contribution in [2.45, 2.75) is 64.2 Å². The molecule has 2 aromatic carbocycles. The van der Waals surface area contributed by atoms with E-state index in [1.807, 2.05) is 32.0 Å². The second-order valence-corrected chi connectivity index (χ2v) is 10.4. The largest absolute Gasteiger partial charge is 0.356 e. The lowest BCUT2D eigenvalue weighted by atomic mass is 9.81. The van der Waals surface area contributed by atoms with E-state index in [1.165, 1.54) is 0 Å². The number of ketones is 1. The molecular formula is C27H36N2O3S. The van der Waals surface area contributed by atoms with E-state index in [1.54, 1.807) is 6.92 Å². The van der Waals surface area contributed by atoms with Gasteiger partial charge in [-0.3, -0.25) is 14.4 Å². The van der Waals surface area contributed by atoms with E-state index < -0.39 is 11.3 Å². The van der Waals surface area contributed by atoms with Crippen LogP contribution in [0.2, 0.25) is 0 Å². The van der Waals surface area contributed by atoms with E-state index in [2.05, 4.69) is 47.5 Å². The molecule has 2 atom stereocenters. The van der Waals surface area contributed by atoms with Crippen molar-refractivity contribution in [1.82, 2.24) is 10.6 Å². The molecule has 0 radical (unpaired) electrons. The molecule has 6 heteroatoms. The summed E-state index contributed by atoms with van der Waals surface area (Å²) in [4.78, 5) is 37.7. The number of hydrogen-bond donors (Lipinski definition) is 3. The van der Waals surface area contributed by atoms with Gasteiger partial charge in [0.15, 0.2) is 5.78 Å². The lowest BCUT2D eigenvalue weighted by molar-refractivity contribution is -0.131. The lowest BCUT2D eigenvalue weighted by Crippen LogP contribution is -2.47. The minimum absolute atomic E-state index is 0.0154. The molecule has 1 fully saturated rings. The lowest BCUT2D eigenvalue weighted by Gasteiger charge is -2.29. The molecule has 2 unspecified atom stereocenters. The average Bonchev–Trinajstić information content (AvgIpc) is 2.81. The quantitative estimate of drug-likeness (QED) is 0.480. The number of benzene rings is 2. The van der Waals surface area contributed by atoms with Crippen molar-refractivity contribution in [2.75, 3.05) is 6.54 Å². The summed E-state index contributed by atoms with van der Waals surface area (Å²) in [5, 5.41) is 7.86. The summed E-state index contributed by atoms with van der Waals surface area (Å²) in [5.41, 5.74) is 1.02. The van der Waals surface area contributed by atoms with Gasteiger partial charge in [0.2, 0.25) is 11.8 Å². The SMILES string of the molecule is CC(C)C(=O)NCC1CCC(C(=O)NC(Cc2ccc3ccccc3c2)C(=O)C(C)S)CC1. The molecule has 0 spiro atoms. The minimum atomic E-state index is -0.589. The van der Waals surface area contributed by atoms with E-state index in [9.17, 15) is 14.4 Å². The van der Waals surface area contributed by atoms with Crippen LogP contribution in [0.25, 0.3) is 10.8 Å². The number of carbonyl (C=O) groups is 3. The van der Waals surface area contributed by atoms with Crippen molar-refractivity contribution in [3.8, 4) is 0 Å². The van der Waals surface area contributed by atoms with Gasteiger partial charge in [0.05, 0.1) is 11.3 Å². The smallest absolute Gasteiger partial charge is 0.223 e. The first-order chi connectivity index (χ1) is 15.7. The van der Waals surface area contributed by atoms with Gasteiger partial charge in [-0.05, 0) is 61.3 Å². The summed E-state index contributed by atoms with van der Waals surface area (Å²) < 4.78 is 0. The third-order valence-corrected chi connectivity index (χ3v) is 6.89. The second-order valence-electron chi connectivity index (χ2n) is 9.64. The summed E-state index contributed by atoms with van der Waals surface area (Å²) in [5.74, 6) is 0.260. The van der Waals surface area contributed by atoms with Crippen molar-refractivity contribution < 1.29 is 14.4 Å². The normalized spacial score (nSPS) is 20.3. The molecule has 1 aliphatic rings. The van der Waals surface area contributed by atoms with E-state index in [0.717, 1.165) is 42.0 Å². The monoisotopic (exact) mass is 468 g/mol. The number of amides is 2. The van der Waals surface area contributed by atoms with Crippen LogP contribution in [0.4, 0.5) is 0 Å². The number of carbonyl (C=O) groups excluding carboxylic acids is 3. The number of rotatable bonds is 9.